The van der Waals surface area contributed by atoms with Gasteiger partial charge in [-0.05, 0) is 47.8 Å². The Morgan fingerprint density at radius 3 is 1.69 bits per heavy atom. The number of amides is 2. The summed E-state index contributed by atoms with van der Waals surface area (Å²) >= 11 is 5.61. The number of benzene rings is 1. The summed E-state index contributed by atoms with van der Waals surface area (Å²) in [5.74, 6) is -0.606. The van der Waals surface area contributed by atoms with E-state index in [2.05, 4.69) is 41.5 Å². The molecule has 172 valence electrons. The van der Waals surface area contributed by atoms with Crippen LogP contribution in [0.5, 0.6) is 0 Å². The van der Waals surface area contributed by atoms with Gasteiger partial charge in [-0.1, -0.05) is 72.0 Å². The summed E-state index contributed by atoms with van der Waals surface area (Å²) in [4.78, 5) is 28.2. The summed E-state index contributed by atoms with van der Waals surface area (Å²) in [6.45, 7) is 15.3. The van der Waals surface area contributed by atoms with Crippen molar-refractivity contribution in [2.45, 2.75) is 77.4 Å². The molecule has 1 aliphatic rings. The van der Waals surface area contributed by atoms with E-state index in [4.69, 9.17) is 16.6 Å². The van der Waals surface area contributed by atoms with Crippen molar-refractivity contribution in [2.75, 3.05) is 0 Å². The van der Waals surface area contributed by atoms with Crippen LogP contribution in [0.3, 0.4) is 0 Å². The van der Waals surface area contributed by atoms with Crippen LogP contribution in [0.25, 0.3) is 0 Å². The van der Waals surface area contributed by atoms with E-state index in [0.29, 0.717) is 32.4 Å². The van der Waals surface area contributed by atoms with Crippen molar-refractivity contribution < 1.29 is 14.0 Å². The highest BCUT2D eigenvalue weighted by atomic mass is 32.1. The van der Waals surface area contributed by atoms with E-state index < -0.39 is 20.6 Å². The second kappa shape index (κ2) is 9.41. The minimum absolute atomic E-state index is 0.303. The molecule has 1 aromatic heterocycles. The molecule has 0 aliphatic carbocycles. The largest absolute Gasteiger partial charge is 0.409 e. The van der Waals surface area contributed by atoms with Gasteiger partial charge in [0.2, 0.25) is 8.32 Å². The Hall–Kier alpha value is -2.09. The topological polar surface area (TPSA) is 51.5 Å². The number of hydrogen-bond acceptors (Lipinski definition) is 4. The lowest BCUT2D eigenvalue weighted by molar-refractivity contribution is 0.0211. The normalized spacial score (nSPS) is 16.2. The molecule has 7 heteroatoms. The zero-order valence-electron chi connectivity index (χ0n) is 20.0. The predicted octanol–water partition coefficient (Wildman–Crippen LogP) is 6.59. The summed E-state index contributed by atoms with van der Waals surface area (Å²) in [7, 11) is -2.28. The Bertz CT molecular complexity index is 1010. The summed E-state index contributed by atoms with van der Waals surface area (Å²) in [6, 6.07) is 12.5. The van der Waals surface area contributed by atoms with Gasteiger partial charge in [0.05, 0.1) is 17.2 Å². The zero-order valence-corrected chi connectivity index (χ0v) is 21.8. The van der Waals surface area contributed by atoms with Gasteiger partial charge in [-0.2, -0.15) is 0 Å². The van der Waals surface area contributed by atoms with Gasteiger partial charge in [0.25, 0.3) is 11.8 Å². The third-order valence-electron chi connectivity index (χ3n) is 6.74. The molecule has 0 spiro atoms. The van der Waals surface area contributed by atoms with E-state index in [1.54, 1.807) is 24.3 Å². The van der Waals surface area contributed by atoms with E-state index in [0.717, 1.165) is 0 Å². The first kappa shape index (κ1) is 24.5. The van der Waals surface area contributed by atoms with Crippen molar-refractivity contribution in [3.05, 3.63) is 64.4 Å². The number of pyridine rings is 1. The molecule has 2 heterocycles. The summed E-state index contributed by atoms with van der Waals surface area (Å²) in [5, 5.41) is 0. The maximum atomic E-state index is 13.4. The van der Waals surface area contributed by atoms with Crippen molar-refractivity contribution in [2.24, 2.45) is 0 Å². The molecule has 0 bridgehead atoms. The van der Waals surface area contributed by atoms with Crippen molar-refractivity contribution in [3.8, 4) is 0 Å². The van der Waals surface area contributed by atoms with E-state index in [1.807, 2.05) is 35.9 Å². The highest BCUT2D eigenvalue weighted by Gasteiger charge is 2.49. The van der Waals surface area contributed by atoms with Crippen LogP contribution in [-0.4, -0.2) is 35.7 Å². The molecular weight excluding hydrogens is 436 g/mol. The fourth-order valence-electron chi connectivity index (χ4n) is 5.46. The van der Waals surface area contributed by atoms with Gasteiger partial charge in [0.1, 0.15) is 10.8 Å². The molecule has 1 aromatic carbocycles. The number of fused-ring (bicyclic) bond motifs is 1. The predicted molar refractivity (Wildman–Crippen MR) is 133 cm³/mol. The molecule has 5 nitrogen and oxygen atoms in total. The first-order chi connectivity index (χ1) is 15.0. The minimum Gasteiger partial charge on any atom is -0.409 e. The summed E-state index contributed by atoms with van der Waals surface area (Å²) in [5.41, 5.74) is 1.97. The Kier molecular flexibility index (Phi) is 7.22. The molecule has 0 fully saturated rings. The first-order valence-electron chi connectivity index (χ1n) is 11.4. The lowest BCUT2D eigenvalue weighted by Gasteiger charge is -2.46. The first-order valence-corrected chi connectivity index (χ1v) is 13.9. The molecule has 32 heavy (non-hydrogen) atoms. The Morgan fingerprint density at radius 1 is 0.781 bits per heavy atom. The second-order valence-electron chi connectivity index (χ2n) is 9.53. The summed E-state index contributed by atoms with van der Waals surface area (Å²) in [6.07, 6.45) is 0.740. The molecule has 0 N–H and O–H groups in total. The van der Waals surface area contributed by atoms with Gasteiger partial charge in [0.15, 0.2) is 0 Å². The Labute approximate surface area is 197 Å². The highest BCUT2D eigenvalue weighted by molar-refractivity contribution is 7.71. The zero-order chi connectivity index (χ0) is 23.8. The number of hydrogen-bond donors (Lipinski definition) is 0. The fraction of sp³-hybridized carbons (Fsp3) is 0.480. The average molecular weight is 471 g/mol. The van der Waals surface area contributed by atoms with Crippen LogP contribution in [0, 0.1) is 4.64 Å². The number of rotatable bonds is 8. The second-order valence-corrected chi connectivity index (χ2v) is 15.4. The van der Waals surface area contributed by atoms with Crippen molar-refractivity contribution in [1.29, 1.82) is 0 Å². The molecular formula is C25H34N2O3SSi. The van der Waals surface area contributed by atoms with Crippen LogP contribution in [-0.2, 0) is 4.43 Å². The lowest BCUT2D eigenvalue weighted by Crippen LogP contribution is -2.53. The number of nitrogens with zero attached hydrogens (tertiary/aromatic N) is 2. The van der Waals surface area contributed by atoms with Crippen LogP contribution in [0.15, 0.2) is 48.7 Å². The SMILES string of the molecule is CC(C)[Si](O[C@H](C)[C@H](N1C(=O)c2ccccc2C1=O)n1ccccc1=S)(C(C)C)C(C)C. The molecule has 1 aliphatic heterocycles. The van der Waals surface area contributed by atoms with E-state index in [9.17, 15) is 9.59 Å². The van der Waals surface area contributed by atoms with Gasteiger partial charge in [0, 0.05) is 6.20 Å². The van der Waals surface area contributed by atoms with Crippen LogP contribution in [0.4, 0.5) is 0 Å². The third kappa shape index (κ3) is 4.02. The number of imide groups is 1. The van der Waals surface area contributed by atoms with Gasteiger partial charge < -0.3 is 8.99 Å². The van der Waals surface area contributed by atoms with Gasteiger partial charge in [-0.15, -0.1) is 0 Å². The van der Waals surface area contributed by atoms with Crippen LogP contribution < -0.4 is 0 Å². The van der Waals surface area contributed by atoms with Crippen LogP contribution >= 0.6 is 12.2 Å². The lowest BCUT2D eigenvalue weighted by atomic mass is 10.1. The molecule has 0 saturated heterocycles. The molecule has 2 aromatic rings. The maximum absolute atomic E-state index is 13.4. The monoisotopic (exact) mass is 470 g/mol. The molecule has 0 saturated carbocycles. The number of carbonyl (C=O) groups is 2. The van der Waals surface area contributed by atoms with E-state index >= 15 is 0 Å². The molecule has 3 rings (SSSR count). The quantitative estimate of drug-likeness (QED) is 0.248. The van der Waals surface area contributed by atoms with Crippen LogP contribution in [0.1, 0.15) is 75.3 Å². The highest BCUT2D eigenvalue weighted by Crippen LogP contribution is 2.44. The standard InChI is InChI=1S/C25H34N2O3SSi/c1-16(2)32(17(3)4,18(5)6)30-19(7)23(26-15-11-10-14-22(26)31)27-24(28)20-12-8-9-13-21(20)25(27)29/h8-19,23H,1-7H3/t19-,23+/m1/s1. The molecule has 2 atom stereocenters. The third-order valence-corrected chi connectivity index (χ3v) is 13.3. The average Bonchev–Trinajstić information content (AvgIpc) is 2.98. The van der Waals surface area contributed by atoms with Gasteiger partial charge >= 0.3 is 0 Å². The minimum atomic E-state index is -2.28. The molecule has 0 radical (unpaired) electrons. The van der Waals surface area contributed by atoms with Crippen molar-refractivity contribution in [1.82, 2.24) is 9.47 Å². The smallest absolute Gasteiger partial charge is 0.263 e. The Balaban J connectivity index is 2.13. The van der Waals surface area contributed by atoms with Gasteiger partial charge in [-0.3, -0.25) is 9.59 Å². The Morgan fingerprint density at radius 2 is 1.25 bits per heavy atom. The summed E-state index contributed by atoms with van der Waals surface area (Å²) < 4.78 is 9.40. The van der Waals surface area contributed by atoms with Crippen molar-refractivity contribution >= 4 is 32.3 Å². The number of carbonyl (C=O) groups excluding carboxylic acids is 2. The molecule has 2 amide bonds. The fourth-order valence-corrected chi connectivity index (χ4v) is 11.3. The van der Waals surface area contributed by atoms with Gasteiger partial charge in [-0.25, -0.2) is 4.90 Å². The van der Waals surface area contributed by atoms with Crippen molar-refractivity contribution in [3.63, 3.8) is 0 Å². The van der Waals surface area contributed by atoms with E-state index in [1.165, 1.54) is 4.90 Å². The van der Waals surface area contributed by atoms with E-state index in [-0.39, 0.29) is 11.8 Å². The maximum Gasteiger partial charge on any atom is 0.263 e. The van der Waals surface area contributed by atoms with Crippen LogP contribution in [0.2, 0.25) is 16.6 Å². The molecule has 0 unspecified atom stereocenters. The number of aromatic nitrogens is 1.